The van der Waals surface area contributed by atoms with Gasteiger partial charge in [0.15, 0.2) is 0 Å². The minimum atomic E-state index is 0.0156. The first-order valence-corrected chi connectivity index (χ1v) is 6.91. The quantitative estimate of drug-likeness (QED) is 0.822. The number of rotatable bonds is 4. The number of carbonyl (C=O) groups is 1. The summed E-state index contributed by atoms with van der Waals surface area (Å²) in [5.41, 5.74) is 1.29. The lowest BCUT2D eigenvalue weighted by molar-refractivity contribution is 0.0700. The number of hydrogen-bond donors (Lipinski definition) is 0. The van der Waals surface area contributed by atoms with Gasteiger partial charge >= 0.3 is 0 Å². The molecule has 102 valence electrons. The Morgan fingerprint density at radius 1 is 1.37 bits per heavy atom. The van der Waals surface area contributed by atoms with Crippen molar-refractivity contribution in [3.63, 3.8) is 0 Å². The summed E-state index contributed by atoms with van der Waals surface area (Å²) in [6, 6.07) is 0.399. The second-order valence-electron chi connectivity index (χ2n) is 5.46. The van der Waals surface area contributed by atoms with Crippen LogP contribution in [-0.4, -0.2) is 46.6 Å². The third-order valence-corrected chi connectivity index (χ3v) is 3.73. The van der Waals surface area contributed by atoms with E-state index in [1.54, 1.807) is 12.4 Å². The van der Waals surface area contributed by atoms with E-state index in [2.05, 4.69) is 9.97 Å². The van der Waals surface area contributed by atoms with Gasteiger partial charge in [-0.15, -0.1) is 0 Å². The van der Waals surface area contributed by atoms with Crippen LogP contribution in [0.5, 0.6) is 0 Å². The monoisotopic (exact) mass is 261 g/mol. The fourth-order valence-electron chi connectivity index (χ4n) is 2.44. The van der Waals surface area contributed by atoms with Crippen LogP contribution >= 0.6 is 0 Å². The molecule has 2 aliphatic rings. The van der Waals surface area contributed by atoms with Gasteiger partial charge < -0.3 is 9.64 Å². The van der Waals surface area contributed by atoms with Gasteiger partial charge in [0.05, 0.1) is 18.5 Å². The highest BCUT2D eigenvalue weighted by Crippen LogP contribution is 2.30. The number of hydrogen-bond acceptors (Lipinski definition) is 4. The summed E-state index contributed by atoms with van der Waals surface area (Å²) in [7, 11) is 0. The zero-order valence-electron chi connectivity index (χ0n) is 11.2. The summed E-state index contributed by atoms with van der Waals surface area (Å²) in [6.45, 7) is 4.26. The van der Waals surface area contributed by atoms with E-state index in [-0.39, 0.29) is 5.91 Å². The fourth-order valence-corrected chi connectivity index (χ4v) is 2.44. The van der Waals surface area contributed by atoms with E-state index in [1.807, 2.05) is 11.8 Å². The molecule has 1 saturated carbocycles. The number of aryl methyl sites for hydroxylation is 1. The Labute approximate surface area is 113 Å². The second kappa shape index (κ2) is 5.25. The van der Waals surface area contributed by atoms with E-state index in [9.17, 15) is 4.79 Å². The van der Waals surface area contributed by atoms with E-state index in [0.29, 0.717) is 17.7 Å². The van der Waals surface area contributed by atoms with Crippen molar-refractivity contribution in [1.82, 2.24) is 14.9 Å². The lowest BCUT2D eigenvalue weighted by atomic mass is 10.1. The van der Waals surface area contributed by atoms with Crippen molar-refractivity contribution >= 4 is 5.91 Å². The van der Waals surface area contributed by atoms with Crippen LogP contribution in [0, 0.1) is 12.8 Å². The fraction of sp³-hybridized carbons (Fsp3) is 0.643. The highest BCUT2D eigenvalue weighted by Gasteiger charge is 2.35. The average molecular weight is 261 g/mol. The predicted octanol–water partition coefficient (Wildman–Crippen LogP) is 1.43. The first-order chi connectivity index (χ1) is 9.24. The molecule has 1 atom stereocenters. The molecular formula is C14H19N3O2. The molecule has 0 unspecified atom stereocenters. The topological polar surface area (TPSA) is 55.3 Å². The minimum Gasteiger partial charge on any atom is -0.381 e. The van der Waals surface area contributed by atoms with E-state index < -0.39 is 0 Å². The standard InChI is InChI=1S/C14H19N3O2/c1-10-6-16-13(7-15-10)14(18)17(12-2-3-12)8-11-4-5-19-9-11/h6-7,11-12H,2-5,8-9H2,1H3/t11-/m0/s1. The highest BCUT2D eigenvalue weighted by molar-refractivity contribution is 5.92. The van der Waals surface area contributed by atoms with E-state index in [4.69, 9.17) is 4.74 Å². The van der Waals surface area contributed by atoms with Crippen LogP contribution in [0.3, 0.4) is 0 Å². The molecule has 0 aromatic carbocycles. The highest BCUT2D eigenvalue weighted by atomic mass is 16.5. The number of ether oxygens (including phenoxy) is 1. The minimum absolute atomic E-state index is 0.0156. The van der Waals surface area contributed by atoms with Crippen molar-refractivity contribution in [3.8, 4) is 0 Å². The maximum Gasteiger partial charge on any atom is 0.274 e. The van der Waals surface area contributed by atoms with Crippen LogP contribution in [0.2, 0.25) is 0 Å². The molecule has 1 saturated heterocycles. The molecule has 0 spiro atoms. The maximum absolute atomic E-state index is 12.5. The Balaban J connectivity index is 1.71. The van der Waals surface area contributed by atoms with Gasteiger partial charge in [0.25, 0.3) is 5.91 Å². The molecular weight excluding hydrogens is 242 g/mol. The van der Waals surface area contributed by atoms with Gasteiger partial charge in [-0.3, -0.25) is 9.78 Å². The van der Waals surface area contributed by atoms with Crippen molar-refractivity contribution in [2.75, 3.05) is 19.8 Å². The van der Waals surface area contributed by atoms with Crippen LogP contribution in [0.1, 0.15) is 35.4 Å². The van der Waals surface area contributed by atoms with Crippen LogP contribution in [-0.2, 0) is 4.74 Å². The molecule has 1 aliphatic heterocycles. The van der Waals surface area contributed by atoms with Crippen molar-refractivity contribution < 1.29 is 9.53 Å². The summed E-state index contributed by atoms with van der Waals surface area (Å²) in [5, 5.41) is 0. The molecule has 1 aromatic heterocycles. The molecule has 0 N–H and O–H groups in total. The van der Waals surface area contributed by atoms with Gasteiger partial charge in [-0.2, -0.15) is 0 Å². The van der Waals surface area contributed by atoms with E-state index in [1.165, 1.54) is 0 Å². The molecule has 5 nitrogen and oxygen atoms in total. The molecule has 1 amide bonds. The molecule has 0 bridgehead atoms. The van der Waals surface area contributed by atoms with Gasteiger partial charge in [0.2, 0.25) is 0 Å². The number of carbonyl (C=O) groups excluding carboxylic acids is 1. The Bertz CT molecular complexity index is 450. The molecule has 0 radical (unpaired) electrons. The molecule has 5 heteroatoms. The summed E-state index contributed by atoms with van der Waals surface area (Å²) >= 11 is 0. The van der Waals surface area contributed by atoms with Crippen LogP contribution in [0.15, 0.2) is 12.4 Å². The van der Waals surface area contributed by atoms with E-state index >= 15 is 0 Å². The Hall–Kier alpha value is -1.49. The van der Waals surface area contributed by atoms with Gasteiger partial charge in [-0.1, -0.05) is 0 Å². The van der Waals surface area contributed by atoms with Gasteiger partial charge in [0.1, 0.15) is 5.69 Å². The molecule has 2 heterocycles. The Morgan fingerprint density at radius 3 is 2.79 bits per heavy atom. The summed E-state index contributed by atoms with van der Waals surface area (Å²) in [4.78, 5) is 22.8. The lowest BCUT2D eigenvalue weighted by Crippen LogP contribution is -2.38. The average Bonchev–Trinajstić information content (AvgIpc) is 3.13. The van der Waals surface area contributed by atoms with Crippen LogP contribution < -0.4 is 0 Å². The first kappa shape index (κ1) is 12.5. The molecule has 1 aliphatic carbocycles. The summed E-state index contributed by atoms with van der Waals surface area (Å²) < 4.78 is 5.39. The SMILES string of the molecule is Cc1cnc(C(=O)N(C[C@@H]2CCOC2)C2CC2)cn1. The molecule has 2 fully saturated rings. The lowest BCUT2D eigenvalue weighted by Gasteiger charge is -2.24. The third-order valence-electron chi connectivity index (χ3n) is 3.73. The van der Waals surface area contributed by atoms with Crippen molar-refractivity contribution in [3.05, 3.63) is 23.8 Å². The second-order valence-corrected chi connectivity index (χ2v) is 5.46. The third kappa shape index (κ3) is 2.92. The summed E-state index contributed by atoms with van der Waals surface area (Å²) in [6.07, 6.45) is 6.50. The first-order valence-electron chi connectivity index (χ1n) is 6.91. The number of amides is 1. The van der Waals surface area contributed by atoms with Crippen LogP contribution in [0.4, 0.5) is 0 Å². The molecule has 3 rings (SSSR count). The van der Waals surface area contributed by atoms with Gasteiger partial charge in [-0.05, 0) is 26.2 Å². The summed E-state index contributed by atoms with van der Waals surface area (Å²) in [5.74, 6) is 0.491. The van der Waals surface area contributed by atoms with Gasteiger partial charge in [0, 0.05) is 31.3 Å². The van der Waals surface area contributed by atoms with Crippen molar-refractivity contribution in [2.45, 2.75) is 32.2 Å². The van der Waals surface area contributed by atoms with Crippen molar-refractivity contribution in [1.29, 1.82) is 0 Å². The normalized spacial score (nSPS) is 22.5. The Morgan fingerprint density at radius 2 is 2.21 bits per heavy atom. The van der Waals surface area contributed by atoms with Crippen LogP contribution in [0.25, 0.3) is 0 Å². The zero-order valence-corrected chi connectivity index (χ0v) is 11.2. The van der Waals surface area contributed by atoms with Gasteiger partial charge in [-0.25, -0.2) is 4.98 Å². The number of nitrogens with zero attached hydrogens (tertiary/aromatic N) is 3. The zero-order chi connectivity index (χ0) is 13.2. The molecule has 1 aromatic rings. The van der Waals surface area contributed by atoms with Crippen molar-refractivity contribution in [2.24, 2.45) is 5.92 Å². The maximum atomic E-state index is 12.5. The smallest absolute Gasteiger partial charge is 0.274 e. The largest absolute Gasteiger partial charge is 0.381 e. The Kier molecular flexibility index (Phi) is 3.46. The predicted molar refractivity (Wildman–Crippen MR) is 69.8 cm³/mol. The van der Waals surface area contributed by atoms with E-state index in [0.717, 1.165) is 44.7 Å². The number of aromatic nitrogens is 2. The molecule has 19 heavy (non-hydrogen) atoms.